The second kappa shape index (κ2) is 6.83. The molecule has 0 aromatic rings. The Hall–Kier alpha value is -0.570. The quantitative estimate of drug-likeness (QED) is 0.599. The number of carbonyl (C=O) groups is 1. The van der Waals surface area contributed by atoms with E-state index in [9.17, 15) is 4.79 Å². The van der Waals surface area contributed by atoms with Crippen LogP contribution in [0.25, 0.3) is 0 Å². The molecule has 88 valence electrons. The van der Waals surface area contributed by atoms with Crippen molar-refractivity contribution in [1.82, 2.24) is 10.6 Å². The highest BCUT2D eigenvalue weighted by Crippen LogP contribution is 2.28. The standard InChI is InChI=1S/C12H24N2O/c1-3-4-10(2)9-13-7-8-14-12(15)11-5-6-11/h10-11,13H,3-9H2,1-2H3,(H,14,15). The topological polar surface area (TPSA) is 41.1 Å². The van der Waals surface area contributed by atoms with Crippen molar-refractivity contribution in [2.75, 3.05) is 19.6 Å². The van der Waals surface area contributed by atoms with Crippen molar-refractivity contribution in [3.8, 4) is 0 Å². The van der Waals surface area contributed by atoms with Gasteiger partial charge in [-0.15, -0.1) is 0 Å². The molecule has 3 nitrogen and oxygen atoms in total. The average molecular weight is 212 g/mol. The summed E-state index contributed by atoms with van der Waals surface area (Å²) in [5, 5.41) is 6.32. The fourth-order valence-corrected chi connectivity index (χ4v) is 1.71. The van der Waals surface area contributed by atoms with Crippen LogP contribution in [-0.4, -0.2) is 25.5 Å². The summed E-state index contributed by atoms with van der Waals surface area (Å²) in [6.07, 6.45) is 4.71. The maximum Gasteiger partial charge on any atom is 0.223 e. The molecular formula is C12H24N2O. The number of hydrogen-bond donors (Lipinski definition) is 2. The van der Waals surface area contributed by atoms with Crippen molar-refractivity contribution >= 4 is 5.91 Å². The predicted octanol–water partition coefficient (Wildman–Crippen LogP) is 1.54. The summed E-state index contributed by atoms with van der Waals surface area (Å²) in [7, 11) is 0. The Morgan fingerprint density at radius 2 is 2.13 bits per heavy atom. The lowest BCUT2D eigenvalue weighted by Gasteiger charge is -2.11. The van der Waals surface area contributed by atoms with Crippen molar-refractivity contribution in [2.45, 2.75) is 39.5 Å². The minimum atomic E-state index is 0.249. The number of rotatable bonds is 8. The van der Waals surface area contributed by atoms with Crippen molar-refractivity contribution in [3.05, 3.63) is 0 Å². The molecule has 0 aromatic heterocycles. The van der Waals surface area contributed by atoms with Gasteiger partial charge in [-0.25, -0.2) is 0 Å². The van der Waals surface area contributed by atoms with Crippen LogP contribution in [0, 0.1) is 11.8 Å². The number of amides is 1. The molecule has 1 aliphatic rings. The van der Waals surface area contributed by atoms with Crippen LogP contribution in [-0.2, 0) is 4.79 Å². The molecule has 0 aromatic carbocycles. The summed E-state index contributed by atoms with van der Waals surface area (Å²) in [5.41, 5.74) is 0. The van der Waals surface area contributed by atoms with Crippen molar-refractivity contribution < 1.29 is 4.79 Å². The molecule has 1 saturated carbocycles. The Morgan fingerprint density at radius 1 is 1.40 bits per heavy atom. The van der Waals surface area contributed by atoms with E-state index < -0.39 is 0 Å². The maximum atomic E-state index is 11.3. The van der Waals surface area contributed by atoms with Crippen LogP contribution >= 0.6 is 0 Å². The maximum absolute atomic E-state index is 11.3. The molecule has 1 amide bonds. The minimum Gasteiger partial charge on any atom is -0.355 e. The second-order valence-corrected chi connectivity index (χ2v) is 4.66. The summed E-state index contributed by atoms with van der Waals surface area (Å²) < 4.78 is 0. The van der Waals surface area contributed by atoms with Gasteiger partial charge in [0.15, 0.2) is 0 Å². The average Bonchev–Trinajstić information content (AvgIpc) is 3.00. The van der Waals surface area contributed by atoms with E-state index >= 15 is 0 Å². The first-order valence-corrected chi connectivity index (χ1v) is 6.22. The van der Waals surface area contributed by atoms with E-state index in [1.165, 1.54) is 12.8 Å². The molecule has 0 heterocycles. The van der Waals surface area contributed by atoms with Crippen molar-refractivity contribution in [1.29, 1.82) is 0 Å². The molecule has 2 N–H and O–H groups in total. The van der Waals surface area contributed by atoms with Crippen LogP contribution in [0.15, 0.2) is 0 Å². The van der Waals surface area contributed by atoms with Gasteiger partial charge in [0.25, 0.3) is 0 Å². The molecule has 1 aliphatic carbocycles. The van der Waals surface area contributed by atoms with E-state index in [-0.39, 0.29) is 5.91 Å². The van der Waals surface area contributed by atoms with E-state index in [2.05, 4.69) is 24.5 Å². The number of carbonyl (C=O) groups excluding carboxylic acids is 1. The summed E-state index contributed by atoms with van der Waals surface area (Å²) in [4.78, 5) is 11.3. The van der Waals surface area contributed by atoms with Crippen molar-refractivity contribution in [2.24, 2.45) is 11.8 Å². The number of nitrogens with one attached hydrogen (secondary N) is 2. The zero-order chi connectivity index (χ0) is 11.1. The number of hydrogen-bond acceptors (Lipinski definition) is 2. The Labute approximate surface area is 93.0 Å². The Balaban J connectivity index is 1.85. The summed E-state index contributed by atoms with van der Waals surface area (Å²) >= 11 is 0. The molecule has 1 unspecified atom stereocenters. The van der Waals surface area contributed by atoms with Gasteiger partial charge in [-0.3, -0.25) is 4.79 Å². The van der Waals surface area contributed by atoms with Crippen LogP contribution in [0.1, 0.15) is 39.5 Å². The minimum absolute atomic E-state index is 0.249. The van der Waals surface area contributed by atoms with Crippen LogP contribution in [0.4, 0.5) is 0 Å². The molecular weight excluding hydrogens is 188 g/mol. The molecule has 0 bridgehead atoms. The zero-order valence-electron chi connectivity index (χ0n) is 10.0. The van der Waals surface area contributed by atoms with E-state index in [0.29, 0.717) is 5.92 Å². The molecule has 15 heavy (non-hydrogen) atoms. The van der Waals surface area contributed by atoms with Gasteiger partial charge in [-0.1, -0.05) is 20.3 Å². The summed E-state index contributed by atoms with van der Waals surface area (Å²) in [5.74, 6) is 1.33. The molecule has 3 heteroatoms. The van der Waals surface area contributed by atoms with Crippen LogP contribution in [0.5, 0.6) is 0 Å². The highest BCUT2D eigenvalue weighted by atomic mass is 16.2. The molecule has 0 radical (unpaired) electrons. The monoisotopic (exact) mass is 212 g/mol. The fraction of sp³-hybridized carbons (Fsp3) is 0.917. The van der Waals surface area contributed by atoms with E-state index in [0.717, 1.165) is 38.4 Å². The molecule has 0 spiro atoms. The third-order valence-electron chi connectivity index (χ3n) is 2.82. The van der Waals surface area contributed by atoms with Crippen LogP contribution < -0.4 is 10.6 Å². The fourth-order valence-electron chi connectivity index (χ4n) is 1.71. The van der Waals surface area contributed by atoms with Crippen LogP contribution in [0.2, 0.25) is 0 Å². The first-order valence-electron chi connectivity index (χ1n) is 6.22. The second-order valence-electron chi connectivity index (χ2n) is 4.66. The van der Waals surface area contributed by atoms with Gasteiger partial charge in [-0.05, 0) is 31.7 Å². The predicted molar refractivity (Wildman–Crippen MR) is 62.7 cm³/mol. The van der Waals surface area contributed by atoms with Gasteiger partial charge in [0.05, 0.1) is 0 Å². The Bertz CT molecular complexity index is 190. The van der Waals surface area contributed by atoms with Gasteiger partial charge < -0.3 is 10.6 Å². The third kappa shape index (κ3) is 5.78. The molecule has 0 saturated heterocycles. The highest BCUT2D eigenvalue weighted by Gasteiger charge is 2.28. The highest BCUT2D eigenvalue weighted by molar-refractivity contribution is 5.80. The smallest absolute Gasteiger partial charge is 0.223 e. The van der Waals surface area contributed by atoms with Gasteiger partial charge in [-0.2, -0.15) is 0 Å². The van der Waals surface area contributed by atoms with Gasteiger partial charge >= 0.3 is 0 Å². The molecule has 1 atom stereocenters. The van der Waals surface area contributed by atoms with E-state index in [1.807, 2.05) is 0 Å². The first kappa shape index (κ1) is 12.5. The van der Waals surface area contributed by atoms with Gasteiger partial charge in [0.1, 0.15) is 0 Å². The lowest BCUT2D eigenvalue weighted by Crippen LogP contribution is -2.34. The SMILES string of the molecule is CCCC(C)CNCCNC(=O)C1CC1. The summed E-state index contributed by atoms with van der Waals surface area (Å²) in [6.45, 7) is 7.21. The van der Waals surface area contributed by atoms with E-state index in [4.69, 9.17) is 0 Å². The first-order chi connectivity index (χ1) is 7.24. The van der Waals surface area contributed by atoms with Crippen molar-refractivity contribution in [3.63, 3.8) is 0 Å². The van der Waals surface area contributed by atoms with Gasteiger partial charge in [0.2, 0.25) is 5.91 Å². The summed E-state index contributed by atoms with van der Waals surface area (Å²) in [6, 6.07) is 0. The Morgan fingerprint density at radius 3 is 2.73 bits per heavy atom. The van der Waals surface area contributed by atoms with Crippen LogP contribution in [0.3, 0.4) is 0 Å². The Kier molecular flexibility index (Phi) is 5.69. The normalized spacial score (nSPS) is 17.5. The lowest BCUT2D eigenvalue weighted by atomic mass is 10.1. The van der Waals surface area contributed by atoms with E-state index in [1.54, 1.807) is 0 Å². The van der Waals surface area contributed by atoms with Gasteiger partial charge in [0, 0.05) is 19.0 Å². The third-order valence-corrected chi connectivity index (χ3v) is 2.82. The molecule has 1 rings (SSSR count). The zero-order valence-corrected chi connectivity index (χ0v) is 10.0. The molecule has 1 fully saturated rings. The largest absolute Gasteiger partial charge is 0.355 e. The lowest BCUT2D eigenvalue weighted by molar-refractivity contribution is -0.122. The molecule has 0 aliphatic heterocycles.